The standard InChI is InChI=1S/C42H38N4/c1-41(2,3)29-24-33-32-17-9-10-19-35(32)44-38(33)34(25-29)40-45-39-31(18-12-20-36(39)46(40)42(4,5)6)27-14-11-15-28(23-27)37-30-16-8-7-13-26(30)21-22-43-37/h7-25,44H,1-6H3. The Labute approximate surface area is 269 Å². The van der Waals surface area contributed by atoms with Gasteiger partial charge in [0.1, 0.15) is 5.82 Å². The maximum absolute atomic E-state index is 5.55. The van der Waals surface area contributed by atoms with Gasteiger partial charge in [-0.1, -0.05) is 93.6 Å². The van der Waals surface area contributed by atoms with E-state index in [1.807, 2.05) is 6.20 Å². The Balaban J connectivity index is 1.40. The normalized spacial score (nSPS) is 12.6. The Morgan fingerprint density at radius 3 is 2.17 bits per heavy atom. The first kappa shape index (κ1) is 28.3. The molecule has 3 heterocycles. The second-order valence-electron chi connectivity index (χ2n) is 14.4. The lowest BCUT2D eigenvalue weighted by atomic mass is 9.85. The van der Waals surface area contributed by atoms with Crippen LogP contribution in [0, 0.1) is 0 Å². The molecule has 226 valence electrons. The van der Waals surface area contributed by atoms with E-state index in [2.05, 4.69) is 160 Å². The van der Waals surface area contributed by atoms with Crippen molar-refractivity contribution < 1.29 is 0 Å². The van der Waals surface area contributed by atoms with Crippen LogP contribution < -0.4 is 0 Å². The van der Waals surface area contributed by atoms with E-state index in [1.165, 1.54) is 21.7 Å². The highest BCUT2D eigenvalue weighted by Gasteiger charge is 2.27. The average molecular weight is 599 g/mol. The van der Waals surface area contributed by atoms with Crippen LogP contribution in [0.15, 0.2) is 115 Å². The summed E-state index contributed by atoms with van der Waals surface area (Å²) in [5.74, 6) is 0.976. The monoisotopic (exact) mass is 598 g/mol. The Kier molecular flexibility index (Phi) is 6.24. The zero-order valence-electron chi connectivity index (χ0n) is 27.3. The molecule has 46 heavy (non-hydrogen) atoms. The molecule has 0 spiro atoms. The zero-order valence-corrected chi connectivity index (χ0v) is 27.3. The topological polar surface area (TPSA) is 46.5 Å². The van der Waals surface area contributed by atoms with Gasteiger partial charge in [0.25, 0.3) is 0 Å². The van der Waals surface area contributed by atoms with Crippen molar-refractivity contribution >= 4 is 43.6 Å². The van der Waals surface area contributed by atoms with Crippen LogP contribution in [0.3, 0.4) is 0 Å². The predicted molar refractivity (Wildman–Crippen MR) is 194 cm³/mol. The van der Waals surface area contributed by atoms with Crippen molar-refractivity contribution in [2.75, 3.05) is 0 Å². The molecule has 4 nitrogen and oxygen atoms in total. The summed E-state index contributed by atoms with van der Waals surface area (Å²) in [6, 6.07) is 39.2. The maximum Gasteiger partial charge on any atom is 0.143 e. The molecule has 0 unspecified atom stereocenters. The number of rotatable bonds is 3. The minimum Gasteiger partial charge on any atom is -0.354 e. The fourth-order valence-corrected chi connectivity index (χ4v) is 6.94. The third kappa shape index (κ3) is 4.51. The van der Waals surface area contributed by atoms with Gasteiger partial charge in [0.2, 0.25) is 0 Å². The van der Waals surface area contributed by atoms with Gasteiger partial charge in [-0.25, -0.2) is 4.98 Å². The second-order valence-corrected chi connectivity index (χ2v) is 14.4. The lowest BCUT2D eigenvalue weighted by molar-refractivity contribution is 0.413. The molecule has 4 heteroatoms. The maximum atomic E-state index is 5.55. The first-order valence-electron chi connectivity index (χ1n) is 16.1. The van der Waals surface area contributed by atoms with E-state index in [0.29, 0.717) is 0 Å². The summed E-state index contributed by atoms with van der Waals surface area (Å²) in [7, 11) is 0. The number of benzene rings is 5. The summed E-state index contributed by atoms with van der Waals surface area (Å²) >= 11 is 0. The van der Waals surface area contributed by atoms with Crippen molar-refractivity contribution in [1.82, 2.24) is 19.5 Å². The molecule has 0 bridgehead atoms. The van der Waals surface area contributed by atoms with Gasteiger partial charge in [-0.2, -0.15) is 0 Å². The van der Waals surface area contributed by atoms with Crippen LogP contribution in [-0.4, -0.2) is 19.5 Å². The van der Waals surface area contributed by atoms with Gasteiger partial charge in [-0.05, 0) is 79.1 Å². The Hall–Kier alpha value is -5.22. The van der Waals surface area contributed by atoms with Crippen molar-refractivity contribution in [2.24, 2.45) is 0 Å². The van der Waals surface area contributed by atoms with Crippen molar-refractivity contribution in [2.45, 2.75) is 52.5 Å². The number of fused-ring (bicyclic) bond motifs is 5. The van der Waals surface area contributed by atoms with Crippen molar-refractivity contribution in [3.05, 3.63) is 121 Å². The van der Waals surface area contributed by atoms with Crippen LogP contribution in [0.2, 0.25) is 0 Å². The third-order valence-electron chi connectivity index (χ3n) is 9.20. The van der Waals surface area contributed by atoms with E-state index >= 15 is 0 Å². The summed E-state index contributed by atoms with van der Waals surface area (Å²) < 4.78 is 2.43. The van der Waals surface area contributed by atoms with Gasteiger partial charge in [-0.15, -0.1) is 0 Å². The smallest absolute Gasteiger partial charge is 0.143 e. The summed E-state index contributed by atoms with van der Waals surface area (Å²) in [5, 5.41) is 4.82. The van der Waals surface area contributed by atoms with Crippen LogP contribution in [-0.2, 0) is 11.0 Å². The number of nitrogens with one attached hydrogen (secondary N) is 1. The molecule has 0 amide bonds. The number of H-pyrrole nitrogens is 1. The zero-order chi connectivity index (χ0) is 31.8. The van der Waals surface area contributed by atoms with Crippen LogP contribution in [0.25, 0.3) is 77.4 Å². The molecule has 0 aliphatic rings. The van der Waals surface area contributed by atoms with Gasteiger partial charge in [-0.3, -0.25) is 4.98 Å². The molecule has 0 radical (unpaired) electrons. The van der Waals surface area contributed by atoms with E-state index in [4.69, 9.17) is 9.97 Å². The van der Waals surface area contributed by atoms with E-state index in [-0.39, 0.29) is 11.0 Å². The number of nitrogens with zero attached hydrogens (tertiary/aromatic N) is 3. The van der Waals surface area contributed by atoms with Crippen LogP contribution >= 0.6 is 0 Å². The van der Waals surface area contributed by atoms with E-state index < -0.39 is 0 Å². The molecule has 5 aromatic carbocycles. The molecule has 0 aliphatic carbocycles. The molecule has 0 saturated heterocycles. The fourth-order valence-electron chi connectivity index (χ4n) is 6.94. The average Bonchev–Trinajstić information content (AvgIpc) is 3.63. The largest absolute Gasteiger partial charge is 0.354 e. The summed E-state index contributed by atoms with van der Waals surface area (Å²) in [6.45, 7) is 13.7. The van der Waals surface area contributed by atoms with Crippen molar-refractivity contribution in [3.8, 4) is 33.8 Å². The Bertz CT molecular complexity index is 2440. The van der Waals surface area contributed by atoms with Crippen LogP contribution in [0.4, 0.5) is 0 Å². The molecule has 3 aromatic heterocycles. The van der Waals surface area contributed by atoms with E-state index in [0.717, 1.165) is 61.2 Å². The van der Waals surface area contributed by atoms with Crippen LogP contribution in [0.5, 0.6) is 0 Å². The van der Waals surface area contributed by atoms with Gasteiger partial charge >= 0.3 is 0 Å². The highest BCUT2D eigenvalue weighted by molar-refractivity contribution is 6.12. The summed E-state index contributed by atoms with van der Waals surface area (Å²) in [4.78, 5) is 14.1. The van der Waals surface area contributed by atoms with Gasteiger partial charge in [0.15, 0.2) is 0 Å². The highest BCUT2D eigenvalue weighted by Crippen LogP contribution is 2.42. The number of hydrogen-bond acceptors (Lipinski definition) is 2. The number of aromatic amines is 1. The van der Waals surface area contributed by atoms with Gasteiger partial charge in [0, 0.05) is 50.1 Å². The van der Waals surface area contributed by atoms with Crippen LogP contribution in [0.1, 0.15) is 47.1 Å². The lowest BCUT2D eigenvalue weighted by Crippen LogP contribution is -2.23. The molecular weight excluding hydrogens is 560 g/mol. The molecule has 0 saturated carbocycles. The Morgan fingerprint density at radius 1 is 0.630 bits per heavy atom. The summed E-state index contributed by atoms with van der Waals surface area (Å²) in [5.41, 5.74) is 10.9. The molecule has 0 fully saturated rings. The second kappa shape index (κ2) is 10.1. The number of hydrogen-bond donors (Lipinski definition) is 1. The SMILES string of the molecule is CC(C)(C)c1cc(-c2nc3c(-c4cccc(-c5nccc6ccccc56)c4)cccc3n2C(C)(C)C)c2[nH]c3ccccc3c2c1. The molecule has 8 rings (SSSR count). The number of imidazole rings is 1. The molecular formula is C42H38N4. The molecule has 8 aromatic rings. The quantitative estimate of drug-likeness (QED) is 0.220. The minimum absolute atomic E-state index is 0.0266. The molecule has 0 aliphatic heterocycles. The first-order chi connectivity index (χ1) is 22.1. The molecule has 0 atom stereocenters. The Morgan fingerprint density at radius 2 is 1.37 bits per heavy atom. The van der Waals surface area contributed by atoms with Crippen molar-refractivity contribution in [3.63, 3.8) is 0 Å². The summed E-state index contributed by atoms with van der Waals surface area (Å²) in [6.07, 6.45) is 1.90. The fraction of sp³-hybridized carbons (Fsp3) is 0.190. The molecule has 1 N–H and O–H groups in total. The van der Waals surface area contributed by atoms with Gasteiger partial charge < -0.3 is 9.55 Å². The van der Waals surface area contributed by atoms with Gasteiger partial charge in [0.05, 0.1) is 22.2 Å². The highest BCUT2D eigenvalue weighted by atomic mass is 15.1. The lowest BCUT2D eigenvalue weighted by Gasteiger charge is -2.26. The predicted octanol–water partition coefficient (Wildman–Crippen LogP) is 11.3. The minimum atomic E-state index is -0.215. The van der Waals surface area contributed by atoms with E-state index in [9.17, 15) is 0 Å². The third-order valence-corrected chi connectivity index (χ3v) is 9.20. The first-order valence-corrected chi connectivity index (χ1v) is 16.1. The number of aromatic nitrogens is 4. The number of pyridine rings is 1. The van der Waals surface area contributed by atoms with Crippen molar-refractivity contribution in [1.29, 1.82) is 0 Å². The van der Waals surface area contributed by atoms with E-state index in [1.54, 1.807) is 0 Å². The number of para-hydroxylation sites is 2.